The Hall–Kier alpha value is -1.56. The van der Waals surface area contributed by atoms with E-state index in [-0.39, 0.29) is 16.4 Å². The van der Waals surface area contributed by atoms with Crippen molar-refractivity contribution in [3.8, 4) is 5.75 Å². The molecule has 0 spiro atoms. The third-order valence-corrected chi connectivity index (χ3v) is 4.07. The van der Waals surface area contributed by atoms with Crippen molar-refractivity contribution < 1.29 is 23.1 Å². The zero-order valence-electron chi connectivity index (χ0n) is 10.1. The van der Waals surface area contributed by atoms with E-state index in [2.05, 4.69) is 0 Å². The zero-order chi connectivity index (χ0) is 13.5. The molecule has 18 heavy (non-hydrogen) atoms. The first-order valence-electron chi connectivity index (χ1n) is 5.50. The second kappa shape index (κ2) is 4.28. The highest BCUT2D eigenvalue weighted by atomic mass is 32.2. The van der Waals surface area contributed by atoms with E-state index < -0.39 is 15.8 Å². The van der Waals surface area contributed by atoms with Crippen LogP contribution < -0.4 is 4.74 Å². The molecule has 0 aromatic heterocycles. The number of ether oxygens (including phenoxy) is 1. The Balaban J connectivity index is 2.70. The molecule has 0 heterocycles. The van der Waals surface area contributed by atoms with Crippen molar-refractivity contribution in [2.45, 2.75) is 23.7 Å². The average Bonchev–Trinajstić information content (AvgIpc) is 3.09. The molecule has 0 radical (unpaired) electrons. The first-order chi connectivity index (χ1) is 8.34. The van der Waals surface area contributed by atoms with Crippen molar-refractivity contribution >= 4 is 15.8 Å². The smallest absolute Gasteiger partial charge is 0.336 e. The molecule has 1 fully saturated rings. The molecule has 5 nitrogen and oxygen atoms in total. The zero-order valence-corrected chi connectivity index (χ0v) is 11.0. The first kappa shape index (κ1) is 12.9. The molecule has 2 rings (SSSR count). The molecule has 0 aliphatic heterocycles. The summed E-state index contributed by atoms with van der Waals surface area (Å²) >= 11 is 0. The van der Waals surface area contributed by atoms with E-state index in [1.807, 2.05) is 0 Å². The summed E-state index contributed by atoms with van der Waals surface area (Å²) in [4.78, 5) is 11.2. The number of hydrogen-bond acceptors (Lipinski definition) is 4. The Morgan fingerprint density at radius 3 is 2.39 bits per heavy atom. The van der Waals surface area contributed by atoms with Crippen LogP contribution in [0, 0.1) is 0 Å². The molecule has 0 bridgehead atoms. The highest BCUT2D eigenvalue weighted by molar-refractivity contribution is 7.90. The first-order valence-corrected chi connectivity index (χ1v) is 7.39. The number of aromatic carboxylic acids is 1. The van der Waals surface area contributed by atoms with Crippen LogP contribution in [0.3, 0.4) is 0 Å². The summed E-state index contributed by atoms with van der Waals surface area (Å²) in [7, 11) is -2.04. The van der Waals surface area contributed by atoms with Gasteiger partial charge in [-0.1, -0.05) is 0 Å². The lowest BCUT2D eigenvalue weighted by molar-refractivity contribution is 0.0695. The van der Waals surface area contributed by atoms with E-state index in [0.29, 0.717) is 11.3 Å². The second-order valence-electron chi connectivity index (χ2n) is 4.44. The normalized spacial score (nSPS) is 15.4. The molecule has 0 atom stereocenters. The molecule has 98 valence electrons. The van der Waals surface area contributed by atoms with E-state index in [1.165, 1.54) is 19.2 Å². The summed E-state index contributed by atoms with van der Waals surface area (Å²) in [6, 6.07) is 2.61. The van der Waals surface area contributed by atoms with Gasteiger partial charge in [-0.15, -0.1) is 0 Å². The van der Waals surface area contributed by atoms with Crippen molar-refractivity contribution in [2.24, 2.45) is 0 Å². The van der Waals surface area contributed by atoms with Gasteiger partial charge in [0.15, 0.2) is 9.84 Å². The van der Waals surface area contributed by atoms with Gasteiger partial charge in [0.1, 0.15) is 5.75 Å². The summed E-state index contributed by atoms with van der Waals surface area (Å²) < 4.78 is 28.2. The van der Waals surface area contributed by atoms with Gasteiger partial charge in [-0.05, 0) is 30.9 Å². The standard InChI is InChI=1S/C12H14O5S/c1-17-10-6-8(18(2,15)16)5-9(12(13)14)11(10)7-3-4-7/h5-7H,3-4H2,1-2H3,(H,13,14). The number of methoxy groups -OCH3 is 1. The SMILES string of the molecule is COc1cc(S(C)(=O)=O)cc(C(=O)O)c1C1CC1. The molecular formula is C12H14O5S. The third-order valence-electron chi connectivity index (χ3n) is 2.98. The Morgan fingerprint density at radius 2 is 2.00 bits per heavy atom. The maximum Gasteiger partial charge on any atom is 0.336 e. The molecule has 1 N–H and O–H groups in total. The Kier molecular flexibility index (Phi) is 3.06. The van der Waals surface area contributed by atoms with Crippen molar-refractivity contribution in [1.82, 2.24) is 0 Å². The minimum absolute atomic E-state index is 0.0253. The molecule has 0 unspecified atom stereocenters. The number of rotatable bonds is 4. The number of carbonyl (C=O) groups is 1. The van der Waals surface area contributed by atoms with E-state index in [1.54, 1.807) is 0 Å². The molecule has 1 aliphatic carbocycles. The maximum absolute atomic E-state index is 11.5. The van der Waals surface area contributed by atoms with Gasteiger partial charge in [0.25, 0.3) is 0 Å². The Labute approximate surface area is 105 Å². The third kappa shape index (κ3) is 2.33. The van der Waals surface area contributed by atoms with Crippen LogP contribution >= 0.6 is 0 Å². The number of sulfone groups is 1. The van der Waals surface area contributed by atoms with Crippen LogP contribution in [0.1, 0.15) is 34.7 Å². The molecule has 0 saturated heterocycles. The summed E-state index contributed by atoms with van der Waals surface area (Å²) in [5.74, 6) is -0.613. The van der Waals surface area contributed by atoms with Crippen LogP contribution in [0.15, 0.2) is 17.0 Å². The lowest BCUT2D eigenvalue weighted by Gasteiger charge is -2.13. The quantitative estimate of drug-likeness (QED) is 0.900. The second-order valence-corrected chi connectivity index (χ2v) is 6.45. The predicted molar refractivity (Wildman–Crippen MR) is 65.0 cm³/mol. The molecule has 1 saturated carbocycles. The topological polar surface area (TPSA) is 80.7 Å². The number of carboxylic acids is 1. The highest BCUT2D eigenvalue weighted by Gasteiger charge is 2.32. The lowest BCUT2D eigenvalue weighted by Crippen LogP contribution is -2.08. The van der Waals surface area contributed by atoms with Crippen molar-refractivity contribution in [2.75, 3.05) is 13.4 Å². The predicted octanol–water partition coefficient (Wildman–Crippen LogP) is 1.67. The number of benzene rings is 1. The van der Waals surface area contributed by atoms with E-state index in [9.17, 15) is 18.3 Å². The molecule has 1 aromatic carbocycles. The van der Waals surface area contributed by atoms with E-state index in [4.69, 9.17) is 4.74 Å². The van der Waals surface area contributed by atoms with Crippen LogP contribution in [-0.2, 0) is 9.84 Å². The van der Waals surface area contributed by atoms with E-state index in [0.717, 1.165) is 19.1 Å². The molecule has 0 amide bonds. The van der Waals surface area contributed by atoms with Crippen LogP contribution in [0.4, 0.5) is 0 Å². The number of hydrogen-bond donors (Lipinski definition) is 1. The minimum atomic E-state index is -3.46. The van der Waals surface area contributed by atoms with Crippen LogP contribution in [0.2, 0.25) is 0 Å². The largest absolute Gasteiger partial charge is 0.496 e. The van der Waals surface area contributed by atoms with Gasteiger partial charge in [0.2, 0.25) is 0 Å². The van der Waals surface area contributed by atoms with Crippen molar-refractivity contribution in [1.29, 1.82) is 0 Å². The van der Waals surface area contributed by atoms with Gasteiger partial charge in [-0.3, -0.25) is 0 Å². The Bertz CT molecular complexity index is 599. The maximum atomic E-state index is 11.5. The van der Waals surface area contributed by atoms with E-state index >= 15 is 0 Å². The summed E-state index contributed by atoms with van der Waals surface area (Å²) in [5, 5.41) is 9.20. The summed E-state index contributed by atoms with van der Waals surface area (Å²) in [6.45, 7) is 0. The fourth-order valence-electron chi connectivity index (χ4n) is 1.95. The Morgan fingerprint density at radius 1 is 1.39 bits per heavy atom. The van der Waals surface area contributed by atoms with Gasteiger partial charge in [-0.25, -0.2) is 13.2 Å². The highest BCUT2D eigenvalue weighted by Crippen LogP contribution is 2.46. The van der Waals surface area contributed by atoms with Gasteiger partial charge >= 0.3 is 5.97 Å². The fraction of sp³-hybridized carbons (Fsp3) is 0.417. The van der Waals surface area contributed by atoms with Crippen LogP contribution in [0.25, 0.3) is 0 Å². The molecular weight excluding hydrogens is 256 g/mol. The molecule has 6 heteroatoms. The van der Waals surface area contributed by atoms with Gasteiger partial charge < -0.3 is 9.84 Å². The van der Waals surface area contributed by atoms with Crippen molar-refractivity contribution in [3.05, 3.63) is 23.3 Å². The van der Waals surface area contributed by atoms with Gasteiger partial charge in [0, 0.05) is 11.8 Å². The summed E-state index contributed by atoms with van der Waals surface area (Å²) in [6.07, 6.45) is 2.87. The fourth-order valence-corrected chi connectivity index (χ4v) is 2.61. The number of carboxylic acid groups (broad SMARTS) is 1. The monoisotopic (exact) mass is 270 g/mol. The van der Waals surface area contributed by atoms with Crippen molar-refractivity contribution in [3.63, 3.8) is 0 Å². The average molecular weight is 270 g/mol. The van der Waals surface area contributed by atoms with Gasteiger partial charge in [-0.2, -0.15) is 0 Å². The lowest BCUT2D eigenvalue weighted by atomic mass is 10.0. The van der Waals surface area contributed by atoms with Crippen LogP contribution in [0.5, 0.6) is 5.75 Å². The minimum Gasteiger partial charge on any atom is -0.496 e. The summed E-state index contributed by atoms with van der Waals surface area (Å²) in [5.41, 5.74) is 0.634. The molecule has 1 aromatic rings. The molecule has 1 aliphatic rings. The van der Waals surface area contributed by atoms with Crippen LogP contribution in [-0.4, -0.2) is 32.9 Å². The van der Waals surface area contributed by atoms with Gasteiger partial charge in [0.05, 0.1) is 17.6 Å².